The molecular formula is C11H16ClFN4. The Labute approximate surface area is 105 Å². The third-order valence-electron chi connectivity index (χ3n) is 3.17. The van der Waals surface area contributed by atoms with Gasteiger partial charge in [0, 0.05) is 25.7 Å². The van der Waals surface area contributed by atoms with Crippen LogP contribution in [0.4, 0.5) is 10.2 Å². The van der Waals surface area contributed by atoms with E-state index in [1.807, 2.05) is 4.90 Å². The molecule has 0 radical (unpaired) electrons. The zero-order valence-corrected chi connectivity index (χ0v) is 10.8. The molecule has 4 nitrogen and oxygen atoms in total. The van der Waals surface area contributed by atoms with Crippen molar-refractivity contribution in [2.45, 2.75) is 19.9 Å². The van der Waals surface area contributed by atoms with Gasteiger partial charge in [0.05, 0.1) is 6.20 Å². The van der Waals surface area contributed by atoms with Crippen molar-refractivity contribution in [2.24, 2.45) is 0 Å². The summed E-state index contributed by atoms with van der Waals surface area (Å²) >= 11 is 5.70. The Balaban J connectivity index is 2.16. The van der Waals surface area contributed by atoms with E-state index in [-0.39, 0.29) is 5.28 Å². The third-order valence-corrected chi connectivity index (χ3v) is 3.35. The highest BCUT2D eigenvalue weighted by molar-refractivity contribution is 6.28. The summed E-state index contributed by atoms with van der Waals surface area (Å²) in [4.78, 5) is 11.9. The van der Waals surface area contributed by atoms with E-state index in [1.54, 1.807) is 0 Å². The molecule has 0 amide bonds. The first kappa shape index (κ1) is 12.5. The number of hydrogen-bond acceptors (Lipinski definition) is 4. The van der Waals surface area contributed by atoms with Gasteiger partial charge in [-0.05, 0) is 25.1 Å². The van der Waals surface area contributed by atoms with Gasteiger partial charge in [-0.15, -0.1) is 0 Å². The van der Waals surface area contributed by atoms with Gasteiger partial charge in [-0.25, -0.2) is 9.37 Å². The Hall–Kier alpha value is -0.940. The van der Waals surface area contributed by atoms with Crippen LogP contribution in [0.3, 0.4) is 0 Å². The van der Waals surface area contributed by atoms with E-state index in [0.29, 0.717) is 11.9 Å². The van der Waals surface area contributed by atoms with Gasteiger partial charge in [-0.3, -0.25) is 4.90 Å². The highest BCUT2D eigenvalue weighted by atomic mass is 35.5. The summed E-state index contributed by atoms with van der Waals surface area (Å²) in [6, 6.07) is 0.391. The van der Waals surface area contributed by atoms with E-state index in [4.69, 9.17) is 11.6 Å². The summed E-state index contributed by atoms with van der Waals surface area (Å²) in [5.74, 6) is -0.0980. The SMILES string of the molecule is CCN1CCN(c2nc(Cl)ncc2F)CC1C. The van der Waals surface area contributed by atoms with Gasteiger partial charge in [0.1, 0.15) is 0 Å². The molecule has 0 spiro atoms. The van der Waals surface area contributed by atoms with Gasteiger partial charge in [-0.1, -0.05) is 6.92 Å². The van der Waals surface area contributed by atoms with Crippen LogP contribution in [0.15, 0.2) is 6.20 Å². The zero-order chi connectivity index (χ0) is 12.4. The van der Waals surface area contributed by atoms with E-state index in [1.165, 1.54) is 0 Å². The van der Waals surface area contributed by atoms with Crippen molar-refractivity contribution in [3.8, 4) is 0 Å². The highest BCUT2D eigenvalue weighted by Gasteiger charge is 2.25. The second-order valence-electron chi connectivity index (χ2n) is 4.23. The van der Waals surface area contributed by atoms with E-state index in [0.717, 1.165) is 32.4 Å². The molecule has 0 aromatic carbocycles. The molecule has 1 fully saturated rings. The van der Waals surface area contributed by atoms with Crippen molar-refractivity contribution in [1.29, 1.82) is 0 Å². The summed E-state index contributed by atoms with van der Waals surface area (Å²) in [7, 11) is 0. The average molecular weight is 259 g/mol. The summed E-state index contributed by atoms with van der Waals surface area (Å²) < 4.78 is 13.6. The number of halogens is 2. The smallest absolute Gasteiger partial charge is 0.224 e. The molecule has 1 unspecified atom stereocenters. The third kappa shape index (κ3) is 2.66. The van der Waals surface area contributed by atoms with Crippen molar-refractivity contribution in [2.75, 3.05) is 31.1 Å². The maximum absolute atomic E-state index is 13.6. The van der Waals surface area contributed by atoms with E-state index in [2.05, 4.69) is 28.7 Å². The zero-order valence-electron chi connectivity index (χ0n) is 10.0. The molecule has 1 aromatic rings. The molecule has 6 heteroatoms. The Morgan fingerprint density at radius 1 is 1.53 bits per heavy atom. The van der Waals surface area contributed by atoms with Crippen molar-refractivity contribution < 1.29 is 4.39 Å². The van der Waals surface area contributed by atoms with Crippen LogP contribution in [0.2, 0.25) is 5.28 Å². The molecule has 1 saturated heterocycles. The fraction of sp³-hybridized carbons (Fsp3) is 0.636. The number of likely N-dealkylation sites (N-methyl/N-ethyl adjacent to an activating group) is 1. The minimum Gasteiger partial charge on any atom is -0.351 e. The van der Waals surface area contributed by atoms with Crippen molar-refractivity contribution in [1.82, 2.24) is 14.9 Å². The number of anilines is 1. The average Bonchev–Trinajstić information content (AvgIpc) is 2.32. The number of aromatic nitrogens is 2. The van der Waals surface area contributed by atoms with Crippen molar-refractivity contribution in [3.05, 3.63) is 17.3 Å². The Bertz CT molecular complexity index is 401. The lowest BCUT2D eigenvalue weighted by Gasteiger charge is -2.39. The molecule has 2 heterocycles. The quantitative estimate of drug-likeness (QED) is 0.758. The number of rotatable bonds is 2. The van der Waals surface area contributed by atoms with Crippen LogP contribution in [0, 0.1) is 5.82 Å². The first-order valence-electron chi connectivity index (χ1n) is 5.79. The van der Waals surface area contributed by atoms with Gasteiger partial charge in [0.25, 0.3) is 0 Å². The van der Waals surface area contributed by atoms with Crippen LogP contribution in [-0.4, -0.2) is 47.1 Å². The van der Waals surface area contributed by atoms with Crippen LogP contribution in [-0.2, 0) is 0 Å². The fourth-order valence-electron chi connectivity index (χ4n) is 2.22. The van der Waals surface area contributed by atoms with Crippen LogP contribution in [0.5, 0.6) is 0 Å². The molecule has 0 saturated carbocycles. The van der Waals surface area contributed by atoms with Gasteiger partial charge < -0.3 is 4.90 Å². The van der Waals surface area contributed by atoms with Crippen molar-refractivity contribution >= 4 is 17.4 Å². The summed E-state index contributed by atoms with van der Waals surface area (Å²) in [6.45, 7) is 7.73. The minimum absolute atomic E-state index is 0.0898. The second kappa shape index (κ2) is 5.14. The largest absolute Gasteiger partial charge is 0.351 e. The Morgan fingerprint density at radius 2 is 2.29 bits per heavy atom. The fourth-order valence-corrected chi connectivity index (χ4v) is 2.35. The highest BCUT2D eigenvalue weighted by Crippen LogP contribution is 2.20. The molecule has 17 heavy (non-hydrogen) atoms. The lowest BCUT2D eigenvalue weighted by molar-refractivity contribution is 0.198. The monoisotopic (exact) mass is 258 g/mol. The van der Waals surface area contributed by atoms with Crippen molar-refractivity contribution in [3.63, 3.8) is 0 Å². The Kier molecular flexibility index (Phi) is 3.79. The topological polar surface area (TPSA) is 32.3 Å². The minimum atomic E-state index is -0.411. The maximum atomic E-state index is 13.6. The van der Waals surface area contributed by atoms with Crippen LogP contribution < -0.4 is 4.90 Å². The molecular weight excluding hydrogens is 243 g/mol. The second-order valence-corrected chi connectivity index (χ2v) is 4.57. The standard InChI is InChI=1S/C11H16ClFN4/c1-3-16-4-5-17(7-8(16)2)10-9(13)6-14-11(12)15-10/h6,8H,3-5,7H2,1-2H3. The molecule has 1 aromatic heterocycles. The van der Waals surface area contributed by atoms with E-state index in [9.17, 15) is 4.39 Å². The molecule has 94 valence electrons. The predicted molar refractivity (Wildman–Crippen MR) is 65.9 cm³/mol. The number of piperazine rings is 1. The Morgan fingerprint density at radius 3 is 2.94 bits per heavy atom. The normalized spacial score (nSPS) is 21.9. The van der Waals surface area contributed by atoms with Crippen LogP contribution >= 0.6 is 11.6 Å². The predicted octanol–water partition coefficient (Wildman–Crippen LogP) is 1.80. The molecule has 1 aliphatic heterocycles. The summed E-state index contributed by atoms with van der Waals surface area (Å²) in [5.41, 5.74) is 0. The van der Waals surface area contributed by atoms with Gasteiger partial charge in [0.2, 0.25) is 5.28 Å². The first-order chi connectivity index (χ1) is 8.11. The molecule has 0 N–H and O–H groups in total. The lowest BCUT2D eigenvalue weighted by atomic mass is 10.2. The molecule has 0 bridgehead atoms. The van der Waals surface area contributed by atoms with E-state index < -0.39 is 5.82 Å². The lowest BCUT2D eigenvalue weighted by Crippen LogP contribution is -2.52. The van der Waals surface area contributed by atoms with Gasteiger partial charge in [-0.2, -0.15) is 4.98 Å². The van der Waals surface area contributed by atoms with E-state index >= 15 is 0 Å². The molecule has 0 aliphatic carbocycles. The number of hydrogen-bond donors (Lipinski definition) is 0. The molecule has 2 rings (SSSR count). The van der Waals surface area contributed by atoms with Crippen LogP contribution in [0.1, 0.15) is 13.8 Å². The first-order valence-corrected chi connectivity index (χ1v) is 6.16. The molecule has 1 atom stereocenters. The molecule has 1 aliphatic rings. The maximum Gasteiger partial charge on any atom is 0.224 e. The summed E-state index contributed by atoms with van der Waals surface area (Å²) in [6.07, 6.45) is 1.13. The van der Waals surface area contributed by atoms with Gasteiger partial charge in [0.15, 0.2) is 11.6 Å². The van der Waals surface area contributed by atoms with Gasteiger partial charge >= 0.3 is 0 Å². The number of nitrogens with zero attached hydrogens (tertiary/aromatic N) is 4. The van der Waals surface area contributed by atoms with Crippen LogP contribution in [0.25, 0.3) is 0 Å². The summed E-state index contributed by atoms with van der Waals surface area (Å²) in [5, 5.41) is 0.0898.